The number of nitrogens with zero attached hydrogens (tertiary/aromatic N) is 3. The van der Waals surface area contributed by atoms with Gasteiger partial charge in [0.05, 0.1) is 30.7 Å². The van der Waals surface area contributed by atoms with Crippen LogP contribution in [0.1, 0.15) is 52.2 Å². The molecule has 4 rings (SSSR count). The lowest BCUT2D eigenvalue weighted by molar-refractivity contribution is 0.0685. The van der Waals surface area contributed by atoms with E-state index in [4.69, 9.17) is 0 Å². The first kappa shape index (κ1) is 26.4. The van der Waals surface area contributed by atoms with Crippen molar-refractivity contribution < 1.29 is 13.2 Å². The molecule has 0 unspecified atom stereocenters. The zero-order chi connectivity index (χ0) is 26.6. The minimum atomic E-state index is -3.74. The van der Waals surface area contributed by atoms with Crippen LogP contribution in [0.15, 0.2) is 90.2 Å². The largest absolute Gasteiger partial charge is 0.330 e. The van der Waals surface area contributed by atoms with E-state index >= 15 is 0 Å². The molecule has 0 fully saturated rings. The zero-order valence-corrected chi connectivity index (χ0v) is 22.6. The number of sulfone groups is 1. The Hall–Kier alpha value is -3.71. The molecule has 0 bridgehead atoms. The van der Waals surface area contributed by atoms with Gasteiger partial charge in [-0.25, -0.2) is 13.4 Å². The van der Waals surface area contributed by atoms with Crippen LogP contribution in [-0.2, 0) is 28.7 Å². The predicted octanol–water partition coefficient (Wildman–Crippen LogP) is 5.57. The van der Waals surface area contributed by atoms with Crippen LogP contribution in [0, 0.1) is 13.8 Å². The highest BCUT2D eigenvalue weighted by Crippen LogP contribution is 2.22. The molecule has 0 N–H and O–H groups in total. The fourth-order valence-corrected chi connectivity index (χ4v) is 5.69. The Kier molecular flexibility index (Phi) is 7.93. The van der Waals surface area contributed by atoms with E-state index in [1.54, 1.807) is 15.7 Å². The zero-order valence-electron chi connectivity index (χ0n) is 21.8. The van der Waals surface area contributed by atoms with E-state index in [0.717, 1.165) is 16.7 Å². The number of benzene rings is 3. The number of carbonyl (C=O) groups is 1. The number of rotatable bonds is 9. The molecular weight excluding hydrogens is 482 g/mol. The van der Waals surface area contributed by atoms with Crippen molar-refractivity contribution in [3.63, 3.8) is 0 Å². The molecule has 1 amide bonds. The lowest BCUT2D eigenvalue weighted by Crippen LogP contribution is -2.37. The van der Waals surface area contributed by atoms with Gasteiger partial charge in [-0.1, -0.05) is 77.9 Å². The van der Waals surface area contributed by atoms with Gasteiger partial charge in [0.25, 0.3) is 5.91 Å². The maximum atomic E-state index is 13.6. The molecular formula is C30H33N3O3S. The number of amides is 1. The Labute approximate surface area is 219 Å². The van der Waals surface area contributed by atoms with Gasteiger partial charge in [0.15, 0.2) is 0 Å². The van der Waals surface area contributed by atoms with Crippen LogP contribution in [-0.4, -0.2) is 34.8 Å². The summed E-state index contributed by atoms with van der Waals surface area (Å²) in [7, 11) is -3.74. The van der Waals surface area contributed by atoms with Crippen molar-refractivity contribution in [2.45, 2.75) is 57.7 Å². The second-order valence-electron chi connectivity index (χ2n) is 9.74. The van der Waals surface area contributed by atoms with Gasteiger partial charge >= 0.3 is 0 Å². The van der Waals surface area contributed by atoms with E-state index in [9.17, 15) is 13.2 Å². The van der Waals surface area contributed by atoms with Crippen molar-refractivity contribution in [1.82, 2.24) is 14.5 Å². The third-order valence-electron chi connectivity index (χ3n) is 6.36. The summed E-state index contributed by atoms with van der Waals surface area (Å²) >= 11 is 0. The van der Waals surface area contributed by atoms with Crippen LogP contribution in [0.5, 0.6) is 0 Å². The van der Waals surface area contributed by atoms with Crippen LogP contribution < -0.4 is 0 Å². The van der Waals surface area contributed by atoms with Gasteiger partial charge in [0, 0.05) is 11.6 Å². The van der Waals surface area contributed by atoms with Crippen molar-refractivity contribution >= 4 is 15.7 Å². The quantitative estimate of drug-likeness (QED) is 0.292. The predicted molar refractivity (Wildman–Crippen MR) is 146 cm³/mol. The first-order valence-corrected chi connectivity index (χ1v) is 14.0. The van der Waals surface area contributed by atoms with Crippen molar-refractivity contribution in [2.75, 3.05) is 0 Å². The molecule has 0 aliphatic rings. The first-order valence-electron chi connectivity index (χ1n) is 12.4. The van der Waals surface area contributed by atoms with Crippen LogP contribution >= 0.6 is 0 Å². The fourth-order valence-electron chi connectivity index (χ4n) is 4.20. The molecule has 0 aliphatic carbocycles. The van der Waals surface area contributed by atoms with Crippen LogP contribution in [0.3, 0.4) is 0 Å². The topological polar surface area (TPSA) is 72.3 Å². The van der Waals surface area contributed by atoms with Crippen molar-refractivity contribution in [2.24, 2.45) is 0 Å². The lowest BCUT2D eigenvalue weighted by atomic mass is 10.1. The average Bonchev–Trinajstić information content (AvgIpc) is 3.27. The van der Waals surface area contributed by atoms with Crippen LogP contribution in [0.2, 0.25) is 0 Å². The summed E-state index contributed by atoms with van der Waals surface area (Å²) in [6.07, 6.45) is 1.59. The number of carbonyl (C=O) groups excluding carboxylic acids is 1. The number of hydrogen-bond acceptors (Lipinski definition) is 4. The highest BCUT2D eigenvalue weighted by atomic mass is 32.2. The van der Waals surface area contributed by atoms with E-state index in [1.165, 1.54) is 0 Å². The molecule has 0 radical (unpaired) electrons. The molecule has 1 heterocycles. The Morgan fingerprint density at radius 3 is 2.05 bits per heavy atom. The van der Waals surface area contributed by atoms with Gasteiger partial charge in [-0.3, -0.25) is 4.79 Å². The maximum Gasteiger partial charge on any atom is 0.254 e. The van der Waals surface area contributed by atoms with Crippen LogP contribution in [0.25, 0.3) is 0 Å². The molecule has 6 nitrogen and oxygen atoms in total. The average molecular weight is 516 g/mol. The smallest absolute Gasteiger partial charge is 0.254 e. The minimum Gasteiger partial charge on any atom is -0.330 e. The Balaban J connectivity index is 1.71. The highest BCUT2D eigenvalue weighted by molar-refractivity contribution is 7.90. The van der Waals surface area contributed by atoms with Crippen molar-refractivity contribution in [3.05, 3.63) is 119 Å². The second kappa shape index (κ2) is 11.1. The molecule has 1 aromatic heterocycles. The monoisotopic (exact) mass is 515 g/mol. The normalized spacial score (nSPS) is 11.6. The summed E-state index contributed by atoms with van der Waals surface area (Å²) in [5, 5.41) is 0.0124. The van der Waals surface area contributed by atoms with Gasteiger partial charge in [-0.2, -0.15) is 0 Å². The summed E-state index contributed by atoms with van der Waals surface area (Å²) in [6.45, 7) is 8.44. The van der Waals surface area contributed by atoms with Crippen molar-refractivity contribution in [1.29, 1.82) is 0 Å². The first-order chi connectivity index (χ1) is 17.6. The molecule has 0 saturated heterocycles. The van der Waals surface area contributed by atoms with E-state index < -0.39 is 9.84 Å². The third-order valence-corrected chi connectivity index (χ3v) is 7.95. The van der Waals surface area contributed by atoms with Crippen LogP contribution in [0.4, 0.5) is 0 Å². The molecule has 7 heteroatoms. The third kappa shape index (κ3) is 6.35. The highest BCUT2D eigenvalue weighted by Gasteiger charge is 2.27. The van der Waals surface area contributed by atoms with Gasteiger partial charge in [0.1, 0.15) is 0 Å². The standard InChI is InChI=1S/C30H33N3O3S/c1-22(2)32(29(34)27-16-12-24(4)13-17-27)20-28-18-31-30(33(28)19-25-8-6-5-7-9-25)37(35,36)21-26-14-10-23(3)11-15-26/h5-18,22H,19-21H2,1-4H3. The number of imidazole rings is 1. The van der Waals surface area contributed by atoms with E-state index in [0.29, 0.717) is 23.4 Å². The fraction of sp³-hybridized carbons (Fsp3) is 0.267. The summed E-state index contributed by atoms with van der Waals surface area (Å²) in [5.74, 6) is -0.249. The summed E-state index contributed by atoms with van der Waals surface area (Å²) in [4.78, 5) is 19.6. The number of aromatic nitrogens is 2. The molecule has 4 aromatic rings. The van der Waals surface area contributed by atoms with Gasteiger partial charge in [-0.15, -0.1) is 0 Å². The van der Waals surface area contributed by atoms with Gasteiger partial charge in [-0.05, 0) is 51.0 Å². The SMILES string of the molecule is Cc1ccc(CS(=O)(=O)c2ncc(CN(C(=O)c3ccc(C)cc3)C(C)C)n2Cc2ccccc2)cc1. The summed E-state index contributed by atoms with van der Waals surface area (Å²) < 4.78 is 28.8. The van der Waals surface area contributed by atoms with E-state index in [1.807, 2.05) is 107 Å². The number of hydrogen-bond donors (Lipinski definition) is 0. The molecule has 0 spiro atoms. The Morgan fingerprint density at radius 1 is 0.865 bits per heavy atom. The molecule has 0 atom stereocenters. The van der Waals surface area contributed by atoms with E-state index in [2.05, 4.69) is 4.98 Å². The lowest BCUT2D eigenvalue weighted by Gasteiger charge is -2.27. The van der Waals surface area contributed by atoms with Gasteiger partial charge in [0.2, 0.25) is 15.0 Å². The molecule has 37 heavy (non-hydrogen) atoms. The molecule has 192 valence electrons. The van der Waals surface area contributed by atoms with E-state index in [-0.39, 0.29) is 29.4 Å². The molecule has 0 aliphatic heterocycles. The summed E-state index contributed by atoms with van der Waals surface area (Å²) in [6, 6.07) is 24.6. The second-order valence-corrected chi connectivity index (χ2v) is 11.6. The molecule has 0 saturated carbocycles. The summed E-state index contributed by atoms with van der Waals surface area (Å²) in [5.41, 5.74) is 5.08. The Morgan fingerprint density at radius 2 is 1.46 bits per heavy atom. The maximum absolute atomic E-state index is 13.6. The molecule has 3 aromatic carbocycles. The minimum absolute atomic E-state index is 0.0124. The van der Waals surface area contributed by atoms with Gasteiger partial charge < -0.3 is 9.47 Å². The number of aryl methyl sites for hydroxylation is 2. The van der Waals surface area contributed by atoms with Crippen molar-refractivity contribution in [3.8, 4) is 0 Å². The Bertz CT molecular complexity index is 1460.